The molecule has 198 valence electrons. The third kappa shape index (κ3) is 6.11. The first-order chi connectivity index (χ1) is 16.6. The summed E-state index contributed by atoms with van der Waals surface area (Å²) in [5.41, 5.74) is 2.46. The molecular formula is C23H38N4O6S2. The Hall–Kier alpha value is -1.44. The molecule has 2 saturated heterocycles. The lowest BCUT2D eigenvalue weighted by Gasteiger charge is -2.51. The fourth-order valence-corrected chi connectivity index (χ4v) is 8.13. The molecule has 0 radical (unpaired) electrons. The summed E-state index contributed by atoms with van der Waals surface area (Å²) in [4.78, 5) is 2.51. The van der Waals surface area contributed by atoms with Crippen molar-refractivity contribution in [3.63, 3.8) is 0 Å². The summed E-state index contributed by atoms with van der Waals surface area (Å²) in [6, 6.07) is 4.27. The van der Waals surface area contributed by atoms with Gasteiger partial charge in [-0.25, -0.2) is 18.3 Å². The molecule has 3 N–H and O–H groups in total. The second-order valence-corrected chi connectivity index (χ2v) is 13.0. The zero-order valence-corrected chi connectivity index (χ0v) is 22.2. The van der Waals surface area contributed by atoms with Crippen LogP contribution in [0.15, 0.2) is 12.1 Å². The maximum atomic E-state index is 13.3. The van der Waals surface area contributed by atoms with E-state index in [2.05, 4.69) is 21.8 Å². The Morgan fingerprint density at radius 1 is 1.09 bits per heavy atom. The highest BCUT2D eigenvalue weighted by molar-refractivity contribution is 7.89. The number of rotatable bonds is 10. The van der Waals surface area contributed by atoms with Crippen molar-refractivity contribution in [2.24, 2.45) is 11.1 Å². The van der Waals surface area contributed by atoms with Crippen LogP contribution in [0.5, 0.6) is 11.5 Å². The van der Waals surface area contributed by atoms with Crippen LogP contribution in [0, 0.1) is 5.92 Å². The van der Waals surface area contributed by atoms with Crippen LogP contribution < -0.4 is 19.3 Å². The molecule has 0 amide bonds. The van der Waals surface area contributed by atoms with Gasteiger partial charge in [-0.05, 0) is 75.1 Å². The fraction of sp³-hybridized carbons (Fsp3) is 0.739. The van der Waals surface area contributed by atoms with Crippen LogP contribution in [-0.4, -0.2) is 77.2 Å². The third-order valence-electron chi connectivity index (χ3n) is 7.31. The van der Waals surface area contributed by atoms with E-state index < -0.39 is 20.2 Å². The van der Waals surface area contributed by atoms with E-state index in [0.717, 1.165) is 50.3 Å². The second-order valence-electron chi connectivity index (χ2n) is 9.55. The number of benzene rings is 1. The molecule has 0 aromatic heterocycles. The van der Waals surface area contributed by atoms with Crippen molar-refractivity contribution < 1.29 is 26.3 Å². The zero-order valence-electron chi connectivity index (χ0n) is 20.6. The highest BCUT2D eigenvalue weighted by atomic mass is 32.2. The molecule has 0 saturated carbocycles. The first-order valence-corrected chi connectivity index (χ1v) is 15.7. The molecule has 3 atom stereocenters. The molecule has 4 rings (SSSR count). The average Bonchev–Trinajstić information content (AvgIpc) is 2.80. The number of hydrogen-bond donors (Lipinski definition) is 2. The van der Waals surface area contributed by atoms with Crippen molar-refractivity contribution in [1.82, 2.24) is 13.9 Å². The van der Waals surface area contributed by atoms with E-state index >= 15 is 0 Å². The smallest absolute Gasteiger partial charge is 0.274 e. The number of hydrogen-bond acceptors (Lipinski definition) is 7. The molecule has 10 nitrogen and oxygen atoms in total. The molecule has 3 heterocycles. The normalized spacial score (nSPS) is 25.4. The SMILES string of the molecule is CCOc1cc2c(cc1OCC)[C@@H]1C[C@H]3[C@H](CCCN3S(=O)(=O)CCCNS(N)(=O)=O)CN1CC2. The van der Waals surface area contributed by atoms with E-state index in [-0.39, 0.29) is 30.8 Å². The van der Waals surface area contributed by atoms with Gasteiger partial charge in [0.1, 0.15) is 0 Å². The van der Waals surface area contributed by atoms with Crippen molar-refractivity contribution in [1.29, 1.82) is 0 Å². The van der Waals surface area contributed by atoms with Gasteiger partial charge in [0, 0.05) is 38.3 Å². The summed E-state index contributed by atoms with van der Waals surface area (Å²) >= 11 is 0. The molecule has 35 heavy (non-hydrogen) atoms. The highest BCUT2D eigenvalue weighted by Crippen LogP contribution is 2.46. The summed E-state index contributed by atoms with van der Waals surface area (Å²) in [6.45, 7) is 7.38. The zero-order chi connectivity index (χ0) is 25.2. The Balaban J connectivity index is 1.55. The molecule has 3 aliphatic rings. The lowest BCUT2D eigenvalue weighted by atomic mass is 9.77. The van der Waals surface area contributed by atoms with Crippen LogP contribution in [0.3, 0.4) is 0 Å². The summed E-state index contributed by atoms with van der Waals surface area (Å²) in [5.74, 6) is 1.71. The Labute approximate surface area is 209 Å². The Kier molecular flexibility index (Phi) is 8.29. The van der Waals surface area contributed by atoms with Crippen LogP contribution in [-0.2, 0) is 26.7 Å². The van der Waals surface area contributed by atoms with Gasteiger partial charge in [0.05, 0.1) is 19.0 Å². The summed E-state index contributed by atoms with van der Waals surface area (Å²) in [6.07, 6.45) is 3.73. The van der Waals surface area contributed by atoms with Crippen LogP contribution in [0.4, 0.5) is 0 Å². The van der Waals surface area contributed by atoms with Crippen LogP contribution in [0.1, 0.15) is 56.7 Å². The number of ether oxygens (including phenoxy) is 2. The number of nitrogens with zero attached hydrogens (tertiary/aromatic N) is 2. The molecule has 0 aliphatic carbocycles. The van der Waals surface area contributed by atoms with Gasteiger partial charge in [0.15, 0.2) is 11.5 Å². The fourth-order valence-electron chi connectivity index (χ4n) is 5.88. The molecule has 1 aromatic rings. The van der Waals surface area contributed by atoms with Gasteiger partial charge in [-0.3, -0.25) is 4.90 Å². The number of fused-ring (bicyclic) bond motifs is 4. The number of nitrogens with one attached hydrogen (secondary N) is 1. The highest BCUT2D eigenvalue weighted by Gasteiger charge is 2.46. The molecule has 3 aliphatic heterocycles. The van der Waals surface area contributed by atoms with Gasteiger partial charge in [0.25, 0.3) is 10.2 Å². The lowest BCUT2D eigenvalue weighted by Crippen LogP contribution is -2.57. The first kappa shape index (κ1) is 26.6. The molecule has 0 bridgehead atoms. The summed E-state index contributed by atoms with van der Waals surface area (Å²) in [7, 11) is -7.35. The molecule has 0 unspecified atom stereocenters. The van der Waals surface area contributed by atoms with Crippen molar-refractivity contribution >= 4 is 20.2 Å². The molecular weight excluding hydrogens is 492 g/mol. The van der Waals surface area contributed by atoms with E-state index in [1.807, 2.05) is 13.8 Å². The van der Waals surface area contributed by atoms with Gasteiger partial charge in [-0.1, -0.05) is 0 Å². The second kappa shape index (κ2) is 10.9. The molecule has 1 aromatic carbocycles. The predicted molar refractivity (Wildman–Crippen MR) is 134 cm³/mol. The van der Waals surface area contributed by atoms with E-state index in [1.165, 1.54) is 11.1 Å². The summed E-state index contributed by atoms with van der Waals surface area (Å²) < 4.78 is 64.3. The minimum absolute atomic E-state index is 0.00610. The number of sulfonamides is 1. The van der Waals surface area contributed by atoms with Gasteiger partial charge >= 0.3 is 0 Å². The van der Waals surface area contributed by atoms with E-state index in [9.17, 15) is 16.8 Å². The maximum absolute atomic E-state index is 13.3. The van der Waals surface area contributed by atoms with Crippen molar-refractivity contribution in [3.8, 4) is 11.5 Å². The molecule has 12 heteroatoms. The largest absolute Gasteiger partial charge is 0.490 e. The van der Waals surface area contributed by atoms with Crippen LogP contribution in [0.25, 0.3) is 0 Å². The van der Waals surface area contributed by atoms with Crippen molar-refractivity contribution in [2.45, 2.75) is 58.0 Å². The number of nitrogens with two attached hydrogens (primary N) is 1. The summed E-state index contributed by atoms with van der Waals surface area (Å²) in [5, 5.41) is 4.95. The van der Waals surface area contributed by atoms with Gasteiger partial charge < -0.3 is 9.47 Å². The Bertz CT molecular complexity index is 1110. The minimum atomic E-state index is -3.83. The first-order valence-electron chi connectivity index (χ1n) is 12.6. The van der Waals surface area contributed by atoms with Crippen molar-refractivity contribution in [3.05, 3.63) is 23.3 Å². The van der Waals surface area contributed by atoms with Gasteiger partial charge in [-0.2, -0.15) is 12.7 Å². The topological polar surface area (TPSA) is 131 Å². The standard InChI is InChI=1S/C23H38N4O6S2/c1-3-32-22-13-17-8-11-26-16-18-7-5-10-27(34(28,29)12-6-9-25-35(24,30)31)20(18)15-21(26)19(17)14-23(22)33-4-2/h13-14,18,20-21,25H,3-12,15-16H2,1-2H3,(H2,24,30,31)/t18-,20+,21+/m1/s1. The quantitative estimate of drug-likeness (QED) is 0.437. The van der Waals surface area contributed by atoms with Crippen molar-refractivity contribution in [2.75, 3.05) is 45.1 Å². The lowest BCUT2D eigenvalue weighted by molar-refractivity contribution is 0.0218. The molecule has 0 spiro atoms. The van der Waals surface area contributed by atoms with E-state index in [0.29, 0.717) is 25.7 Å². The van der Waals surface area contributed by atoms with Gasteiger partial charge in [-0.15, -0.1) is 0 Å². The monoisotopic (exact) mass is 530 g/mol. The average molecular weight is 531 g/mol. The Morgan fingerprint density at radius 3 is 2.49 bits per heavy atom. The number of piperidine rings is 2. The van der Waals surface area contributed by atoms with Gasteiger partial charge in [0.2, 0.25) is 10.0 Å². The minimum Gasteiger partial charge on any atom is -0.490 e. The van der Waals surface area contributed by atoms with E-state index in [4.69, 9.17) is 14.6 Å². The van der Waals surface area contributed by atoms with E-state index in [1.54, 1.807) is 4.31 Å². The molecule has 2 fully saturated rings. The maximum Gasteiger partial charge on any atom is 0.274 e. The van der Waals surface area contributed by atoms with Crippen LogP contribution in [0.2, 0.25) is 0 Å². The van der Waals surface area contributed by atoms with Crippen LogP contribution >= 0.6 is 0 Å². The third-order valence-corrected chi connectivity index (χ3v) is 9.89. The predicted octanol–water partition coefficient (Wildman–Crippen LogP) is 1.38. The Morgan fingerprint density at radius 2 is 1.80 bits per heavy atom.